The molecule has 1 saturated carbocycles. The van der Waals surface area contributed by atoms with Crippen molar-refractivity contribution in [3.63, 3.8) is 0 Å². The highest BCUT2D eigenvalue weighted by Gasteiger charge is 2.68. The van der Waals surface area contributed by atoms with E-state index in [4.69, 9.17) is 11.6 Å². The molecule has 0 heterocycles. The first-order valence-corrected chi connectivity index (χ1v) is 7.05. The van der Waals surface area contributed by atoms with Gasteiger partial charge in [0.1, 0.15) is 0 Å². The standard InChI is InChI=1S/C17H13Cl/c18-17-9-14(17)15-10-5-1-3-7-12(10)16(17)13-8-4-2-6-11(13)15/h1-8,14-16H,9H2. The van der Waals surface area contributed by atoms with Crippen LogP contribution in [0.25, 0.3) is 0 Å². The van der Waals surface area contributed by atoms with E-state index < -0.39 is 0 Å². The molecule has 18 heavy (non-hydrogen) atoms. The second-order valence-corrected chi connectivity index (χ2v) is 6.61. The van der Waals surface area contributed by atoms with Crippen LogP contribution in [0.15, 0.2) is 48.5 Å². The monoisotopic (exact) mass is 252 g/mol. The highest BCUT2D eigenvalue weighted by Crippen LogP contribution is 2.74. The number of hydrogen-bond acceptors (Lipinski definition) is 0. The Morgan fingerprint density at radius 3 is 1.89 bits per heavy atom. The van der Waals surface area contributed by atoms with Gasteiger partial charge in [-0.15, -0.1) is 11.6 Å². The topological polar surface area (TPSA) is 0 Å². The fraction of sp³-hybridized carbons (Fsp3) is 0.294. The smallest absolute Gasteiger partial charge is 0.0597 e. The zero-order chi connectivity index (χ0) is 11.9. The van der Waals surface area contributed by atoms with Crippen LogP contribution in [-0.4, -0.2) is 4.87 Å². The lowest BCUT2D eigenvalue weighted by Gasteiger charge is -2.42. The summed E-state index contributed by atoms with van der Waals surface area (Å²) in [7, 11) is 0. The van der Waals surface area contributed by atoms with Gasteiger partial charge >= 0.3 is 0 Å². The van der Waals surface area contributed by atoms with Gasteiger partial charge in [0.25, 0.3) is 0 Å². The van der Waals surface area contributed by atoms with Crippen molar-refractivity contribution in [2.75, 3.05) is 0 Å². The summed E-state index contributed by atoms with van der Waals surface area (Å²) in [6.07, 6.45) is 1.17. The molecule has 1 heteroatoms. The third-order valence-corrected chi connectivity index (χ3v) is 5.81. The van der Waals surface area contributed by atoms with Crippen molar-refractivity contribution in [3.05, 3.63) is 70.8 Å². The van der Waals surface area contributed by atoms with Gasteiger partial charge in [-0.1, -0.05) is 48.5 Å². The molecular formula is C17H13Cl. The summed E-state index contributed by atoms with van der Waals surface area (Å²) in [6, 6.07) is 17.8. The molecule has 0 aromatic heterocycles. The molecular weight excluding hydrogens is 240 g/mol. The molecule has 0 amide bonds. The normalized spacial score (nSPS) is 37.7. The van der Waals surface area contributed by atoms with E-state index >= 15 is 0 Å². The number of rotatable bonds is 0. The van der Waals surface area contributed by atoms with Gasteiger partial charge in [-0.25, -0.2) is 0 Å². The second-order valence-electron chi connectivity index (χ2n) is 5.91. The zero-order valence-corrected chi connectivity index (χ0v) is 10.7. The van der Waals surface area contributed by atoms with Crippen LogP contribution in [0.4, 0.5) is 0 Å². The summed E-state index contributed by atoms with van der Waals surface area (Å²) in [6.45, 7) is 0. The van der Waals surface area contributed by atoms with Crippen molar-refractivity contribution in [1.29, 1.82) is 0 Å². The molecule has 0 N–H and O–H groups in total. The molecule has 0 spiro atoms. The fourth-order valence-corrected chi connectivity index (χ4v) is 4.93. The third-order valence-electron chi connectivity index (χ3n) is 5.16. The minimum atomic E-state index is 0.0212. The number of halogens is 1. The van der Waals surface area contributed by atoms with E-state index in [-0.39, 0.29) is 4.87 Å². The Labute approximate surface area is 112 Å². The van der Waals surface area contributed by atoms with Crippen molar-refractivity contribution in [3.8, 4) is 0 Å². The summed E-state index contributed by atoms with van der Waals surface area (Å²) < 4.78 is 0. The van der Waals surface area contributed by atoms with Crippen LogP contribution in [-0.2, 0) is 0 Å². The maximum atomic E-state index is 6.90. The van der Waals surface area contributed by atoms with Gasteiger partial charge in [0.2, 0.25) is 0 Å². The molecule has 0 nitrogen and oxygen atoms in total. The quantitative estimate of drug-likeness (QED) is 0.614. The van der Waals surface area contributed by atoms with Crippen molar-refractivity contribution >= 4 is 11.6 Å². The maximum absolute atomic E-state index is 6.90. The largest absolute Gasteiger partial charge is 0.118 e. The first kappa shape index (κ1) is 9.63. The molecule has 2 unspecified atom stereocenters. The van der Waals surface area contributed by atoms with E-state index in [9.17, 15) is 0 Å². The summed E-state index contributed by atoms with van der Waals surface area (Å²) in [5, 5.41) is 0. The van der Waals surface area contributed by atoms with Gasteiger partial charge in [0.05, 0.1) is 4.87 Å². The Bertz CT molecular complexity index is 627. The van der Waals surface area contributed by atoms with Crippen molar-refractivity contribution in [2.24, 2.45) is 5.92 Å². The maximum Gasteiger partial charge on any atom is 0.0597 e. The molecule has 2 aromatic rings. The Morgan fingerprint density at radius 2 is 1.33 bits per heavy atom. The molecule has 2 atom stereocenters. The molecule has 2 aromatic carbocycles. The van der Waals surface area contributed by atoms with E-state index in [0.717, 1.165) is 0 Å². The Morgan fingerprint density at radius 1 is 0.833 bits per heavy atom. The third kappa shape index (κ3) is 0.894. The van der Waals surface area contributed by atoms with Gasteiger partial charge in [-0.3, -0.25) is 0 Å². The van der Waals surface area contributed by atoms with Gasteiger partial charge in [0, 0.05) is 11.8 Å². The van der Waals surface area contributed by atoms with Crippen molar-refractivity contribution in [2.45, 2.75) is 23.1 Å². The Hall–Kier alpha value is -1.27. The Balaban J connectivity index is 1.90. The van der Waals surface area contributed by atoms with Crippen LogP contribution in [0.1, 0.15) is 40.5 Å². The highest BCUT2D eigenvalue weighted by molar-refractivity contribution is 6.27. The van der Waals surface area contributed by atoms with Crippen LogP contribution < -0.4 is 0 Å². The summed E-state index contributed by atoms with van der Waals surface area (Å²) in [5.41, 5.74) is 6.01. The Kier molecular flexibility index (Phi) is 1.51. The molecule has 88 valence electrons. The van der Waals surface area contributed by atoms with Crippen LogP contribution in [0.5, 0.6) is 0 Å². The first-order chi connectivity index (χ1) is 8.81. The molecule has 1 fully saturated rings. The number of benzene rings is 2. The molecule has 4 aliphatic carbocycles. The molecule has 0 radical (unpaired) electrons. The zero-order valence-electron chi connectivity index (χ0n) is 9.94. The molecule has 0 saturated heterocycles. The summed E-state index contributed by atoms with van der Waals surface area (Å²) in [4.78, 5) is 0.0212. The van der Waals surface area contributed by atoms with Gasteiger partial charge < -0.3 is 0 Å². The van der Waals surface area contributed by atoms with Crippen LogP contribution >= 0.6 is 11.6 Å². The molecule has 0 aliphatic heterocycles. The number of alkyl halides is 1. The van der Waals surface area contributed by atoms with E-state index in [2.05, 4.69) is 48.5 Å². The average Bonchev–Trinajstić information content (AvgIpc) is 3.11. The lowest BCUT2D eigenvalue weighted by molar-refractivity contribution is 0.513. The van der Waals surface area contributed by atoms with Crippen LogP contribution in [0, 0.1) is 5.92 Å². The van der Waals surface area contributed by atoms with Crippen LogP contribution in [0.2, 0.25) is 0 Å². The first-order valence-electron chi connectivity index (χ1n) is 6.67. The minimum absolute atomic E-state index is 0.0212. The average molecular weight is 253 g/mol. The molecule has 2 bridgehead atoms. The SMILES string of the molecule is ClC12CC1C1c3ccccc3C2c2ccccc21. The van der Waals surface area contributed by atoms with E-state index in [1.165, 1.54) is 28.7 Å². The predicted octanol–water partition coefficient (Wildman–Crippen LogP) is 4.27. The van der Waals surface area contributed by atoms with Gasteiger partial charge in [-0.05, 0) is 34.6 Å². The van der Waals surface area contributed by atoms with Gasteiger partial charge in [-0.2, -0.15) is 0 Å². The van der Waals surface area contributed by atoms with Crippen molar-refractivity contribution < 1.29 is 0 Å². The summed E-state index contributed by atoms with van der Waals surface area (Å²) in [5.74, 6) is 1.62. The fourth-order valence-electron chi connectivity index (χ4n) is 4.40. The predicted molar refractivity (Wildman–Crippen MR) is 73.3 cm³/mol. The lowest BCUT2D eigenvalue weighted by Crippen LogP contribution is -2.34. The lowest BCUT2D eigenvalue weighted by atomic mass is 9.64. The highest BCUT2D eigenvalue weighted by atomic mass is 35.5. The second kappa shape index (κ2) is 2.83. The number of hydrogen-bond donors (Lipinski definition) is 0. The van der Waals surface area contributed by atoms with Gasteiger partial charge in [0.15, 0.2) is 0 Å². The molecule has 4 aliphatic rings. The van der Waals surface area contributed by atoms with Crippen molar-refractivity contribution in [1.82, 2.24) is 0 Å². The van der Waals surface area contributed by atoms with E-state index in [1.54, 1.807) is 0 Å². The molecule has 6 rings (SSSR count). The minimum Gasteiger partial charge on any atom is -0.118 e. The van der Waals surface area contributed by atoms with E-state index in [1.807, 2.05) is 0 Å². The van der Waals surface area contributed by atoms with E-state index in [0.29, 0.717) is 17.8 Å². The summed E-state index contributed by atoms with van der Waals surface area (Å²) >= 11 is 6.90. The van der Waals surface area contributed by atoms with Crippen LogP contribution in [0.3, 0.4) is 0 Å².